The highest BCUT2D eigenvalue weighted by Gasteiger charge is 2.36. The van der Waals surface area contributed by atoms with E-state index in [1.54, 1.807) is 23.3 Å². The molecular weight excluding hydrogens is 216 g/mol. The lowest BCUT2D eigenvalue weighted by atomic mass is 10.1. The molecule has 2 fully saturated rings. The maximum Gasteiger partial charge on any atom is 0.329 e. The van der Waals surface area contributed by atoms with Gasteiger partial charge in [0.2, 0.25) is 0 Å². The minimum Gasteiger partial charge on any atom is -0.322 e. The fraction of sp³-hybridized carbons (Fsp3) is 0.667. The number of nitrogens with zero attached hydrogens (tertiary/aromatic N) is 4. The molecule has 2 saturated heterocycles. The maximum absolute atomic E-state index is 12.2. The molecule has 0 aliphatic carbocycles. The van der Waals surface area contributed by atoms with Gasteiger partial charge in [-0.1, -0.05) is 0 Å². The van der Waals surface area contributed by atoms with Crippen LogP contribution in [0, 0.1) is 0 Å². The van der Waals surface area contributed by atoms with Gasteiger partial charge in [0.25, 0.3) is 0 Å². The molecule has 2 unspecified atom stereocenters. The number of imidazole rings is 1. The van der Waals surface area contributed by atoms with Crippen LogP contribution in [0.25, 0.3) is 0 Å². The Hall–Kier alpha value is -1.36. The van der Waals surface area contributed by atoms with Gasteiger partial charge in [-0.3, -0.25) is 9.47 Å². The van der Waals surface area contributed by atoms with Crippen LogP contribution in [0.1, 0.15) is 19.3 Å². The van der Waals surface area contributed by atoms with Gasteiger partial charge in [-0.05, 0) is 26.3 Å². The zero-order valence-electron chi connectivity index (χ0n) is 10.1. The predicted molar refractivity (Wildman–Crippen MR) is 63.8 cm³/mol. The van der Waals surface area contributed by atoms with E-state index in [1.165, 1.54) is 12.8 Å². The van der Waals surface area contributed by atoms with Gasteiger partial charge in [-0.25, -0.2) is 9.78 Å². The number of aromatic nitrogens is 2. The lowest BCUT2D eigenvalue weighted by Gasteiger charge is -2.25. The molecule has 2 atom stereocenters. The van der Waals surface area contributed by atoms with E-state index in [2.05, 4.69) is 16.9 Å². The van der Waals surface area contributed by atoms with Gasteiger partial charge in [-0.2, -0.15) is 0 Å². The van der Waals surface area contributed by atoms with Crippen LogP contribution < -0.4 is 0 Å². The van der Waals surface area contributed by atoms with Crippen molar-refractivity contribution in [3.05, 3.63) is 18.7 Å². The Labute approximate surface area is 101 Å². The average Bonchev–Trinajstić information content (AvgIpc) is 2.88. The minimum absolute atomic E-state index is 0.0588. The summed E-state index contributed by atoms with van der Waals surface area (Å²) in [5.74, 6) is 0. The summed E-state index contributed by atoms with van der Waals surface area (Å²) in [5, 5.41) is 0. The summed E-state index contributed by atoms with van der Waals surface area (Å²) < 4.78 is 1.57. The minimum atomic E-state index is 0.0588. The van der Waals surface area contributed by atoms with Crippen molar-refractivity contribution in [1.29, 1.82) is 0 Å². The fourth-order valence-electron chi connectivity index (χ4n) is 3.02. The largest absolute Gasteiger partial charge is 0.329 e. The molecule has 0 saturated carbocycles. The van der Waals surface area contributed by atoms with Crippen LogP contribution in [-0.2, 0) is 0 Å². The van der Waals surface area contributed by atoms with Crippen molar-refractivity contribution in [2.75, 3.05) is 20.1 Å². The molecule has 1 aromatic heterocycles. The zero-order chi connectivity index (χ0) is 11.8. The number of rotatable bonds is 0. The molecule has 1 amide bonds. The van der Waals surface area contributed by atoms with Gasteiger partial charge in [0.15, 0.2) is 0 Å². The monoisotopic (exact) mass is 234 g/mol. The third kappa shape index (κ3) is 1.84. The predicted octanol–water partition coefficient (Wildman–Crippen LogP) is 1.02. The highest BCUT2D eigenvalue weighted by atomic mass is 16.2. The fourth-order valence-corrected chi connectivity index (χ4v) is 3.02. The van der Waals surface area contributed by atoms with E-state index in [0.29, 0.717) is 12.1 Å². The molecule has 3 rings (SSSR count). The zero-order valence-corrected chi connectivity index (χ0v) is 10.1. The van der Waals surface area contributed by atoms with E-state index < -0.39 is 0 Å². The number of hydrogen-bond acceptors (Lipinski definition) is 3. The molecule has 2 aliphatic heterocycles. The molecule has 3 heterocycles. The first-order valence-electron chi connectivity index (χ1n) is 6.25. The molecule has 0 aromatic carbocycles. The maximum atomic E-state index is 12.2. The summed E-state index contributed by atoms with van der Waals surface area (Å²) in [6.07, 6.45) is 8.54. The summed E-state index contributed by atoms with van der Waals surface area (Å²) in [7, 11) is 2.19. The topological polar surface area (TPSA) is 41.4 Å². The van der Waals surface area contributed by atoms with Gasteiger partial charge in [0.05, 0.1) is 0 Å². The molecule has 0 N–H and O–H groups in total. The molecular formula is C12H18N4O. The van der Waals surface area contributed by atoms with E-state index in [4.69, 9.17) is 0 Å². The molecule has 0 spiro atoms. The first kappa shape index (κ1) is 10.8. The summed E-state index contributed by atoms with van der Waals surface area (Å²) in [4.78, 5) is 20.6. The third-order valence-electron chi connectivity index (χ3n) is 4.14. The van der Waals surface area contributed by atoms with E-state index in [9.17, 15) is 4.79 Å². The molecule has 2 bridgehead atoms. The van der Waals surface area contributed by atoms with Gasteiger partial charge in [0, 0.05) is 37.6 Å². The first-order chi connectivity index (χ1) is 8.25. The Morgan fingerprint density at radius 2 is 2.12 bits per heavy atom. The number of likely N-dealkylation sites (N-methyl/N-ethyl adjacent to an activating group) is 1. The highest BCUT2D eigenvalue weighted by molar-refractivity contribution is 5.76. The van der Waals surface area contributed by atoms with Crippen LogP contribution in [0.3, 0.4) is 0 Å². The molecule has 92 valence electrons. The van der Waals surface area contributed by atoms with Crippen molar-refractivity contribution in [2.24, 2.45) is 0 Å². The molecule has 1 aromatic rings. The van der Waals surface area contributed by atoms with Gasteiger partial charge < -0.3 is 4.90 Å². The molecule has 2 aliphatic rings. The van der Waals surface area contributed by atoms with Crippen LogP contribution in [0.4, 0.5) is 4.79 Å². The van der Waals surface area contributed by atoms with Crippen molar-refractivity contribution in [1.82, 2.24) is 19.4 Å². The third-order valence-corrected chi connectivity index (χ3v) is 4.14. The molecule has 17 heavy (non-hydrogen) atoms. The summed E-state index contributed by atoms with van der Waals surface area (Å²) >= 11 is 0. The van der Waals surface area contributed by atoms with Crippen molar-refractivity contribution in [2.45, 2.75) is 31.3 Å². The Morgan fingerprint density at radius 1 is 1.29 bits per heavy atom. The van der Waals surface area contributed by atoms with Crippen LogP contribution in [0.5, 0.6) is 0 Å². The smallest absolute Gasteiger partial charge is 0.322 e. The molecule has 5 nitrogen and oxygen atoms in total. The SMILES string of the molecule is CN1C2CCC1CN(C(=O)n1ccnc1)CC2. The Bertz CT molecular complexity index is 403. The molecule has 0 radical (unpaired) electrons. The average molecular weight is 234 g/mol. The van der Waals surface area contributed by atoms with Gasteiger partial charge in [-0.15, -0.1) is 0 Å². The van der Waals surface area contributed by atoms with E-state index in [1.807, 2.05) is 4.90 Å². The highest BCUT2D eigenvalue weighted by Crippen LogP contribution is 2.28. The van der Waals surface area contributed by atoms with Crippen LogP contribution in [0.15, 0.2) is 18.7 Å². The Morgan fingerprint density at radius 3 is 2.88 bits per heavy atom. The summed E-state index contributed by atoms with van der Waals surface area (Å²) in [5.41, 5.74) is 0. The lowest BCUT2D eigenvalue weighted by molar-refractivity contribution is 0.189. The number of carbonyl (C=O) groups excluding carboxylic acids is 1. The van der Waals surface area contributed by atoms with Crippen LogP contribution >= 0.6 is 0 Å². The van der Waals surface area contributed by atoms with E-state index in [0.717, 1.165) is 19.5 Å². The second-order valence-corrected chi connectivity index (χ2v) is 5.04. The van der Waals surface area contributed by atoms with Gasteiger partial charge >= 0.3 is 6.03 Å². The van der Waals surface area contributed by atoms with Crippen molar-refractivity contribution < 1.29 is 4.79 Å². The normalized spacial score (nSPS) is 29.4. The van der Waals surface area contributed by atoms with Crippen molar-refractivity contribution >= 4 is 6.03 Å². The summed E-state index contributed by atoms with van der Waals surface area (Å²) in [6.45, 7) is 1.71. The number of likely N-dealkylation sites (tertiary alicyclic amines) is 1. The number of amides is 1. The van der Waals surface area contributed by atoms with Crippen molar-refractivity contribution in [3.63, 3.8) is 0 Å². The van der Waals surface area contributed by atoms with Crippen LogP contribution in [-0.4, -0.2) is 57.6 Å². The van der Waals surface area contributed by atoms with Gasteiger partial charge in [0.1, 0.15) is 6.33 Å². The Balaban J connectivity index is 1.75. The summed E-state index contributed by atoms with van der Waals surface area (Å²) in [6, 6.07) is 1.26. The van der Waals surface area contributed by atoms with Crippen LogP contribution in [0.2, 0.25) is 0 Å². The number of hydrogen-bond donors (Lipinski definition) is 0. The quantitative estimate of drug-likeness (QED) is 0.673. The second kappa shape index (κ2) is 4.14. The van der Waals surface area contributed by atoms with E-state index >= 15 is 0 Å². The molecule has 5 heteroatoms. The standard InChI is InChI=1S/C12H18N4O/c1-14-10-2-3-11(14)8-15(6-4-10)12(17)16-7-5-13-9-16/h5,7,9-11H,2-4,6,8H2,1H3. The number of carbonyl (C=O) groups is 1. The second-order valence-electron chi connectivity index (χ2n) is 5.04. The Kier molecular flexibility index (Phi) is 2.63. The first-order valence-corrected chi connectivity index (χ1v) is 6.25. The van der Waals surface area contributed by atoms with E-state index in [-0.39, 0.29) is 6.03 Å². The van der Waals surface area contributed by atoms with Crippen molar-refractivity contribution in [3.8, 4) is 0 Å². The lowest BCUT2D eigenvalue weighted by Crippen LogP contribution is -2.41. The number of fused-ring (bicyclic) bond motifs is 2.